The molecular weight excluding hydrogens is 166 g/mol. The van der Waals surface area contributed by atoms with Crippen molar-refractivity contribution in [3.63, 3.8) is 0 Å². The first kappa shape index (κ1) is 9.90. The molecule has 0 aliphatic heterocycles. The molecule has 0 amide bonds. The number of nitrogens with zero attached hydrogens (tertiary/aromatic N) is 2. The van der Waals surface area contributed by atoms with Crippen molar-refractivity contribution in [3.05, 3.63) is 33.0 Å². The summed E-state index contributed by atoms with van der Waals surface area (Å²) in [6.45, 7) is 6.16. The minimum absolute atomic E-state index is 0.243. The summed E-state index contributed by atoms with van der Waals surface area (Å²) in [4.78, 5) is 12.6. The topological polar surface area (TPSA) is 55.5 Å². The van der Waals surface area contributed by atoms with Crippen LogP contribution in [0.3, 0.4) is 0 Å². The van der Waals surface area contributed by atoms with E-state index in [9.17, 15) is 10.1 Å². The maximum absolute atomic E-state index is 10.2. The third-order valence-corrected chi connectivity index (χ3v) is 1.12. The maximum Gasteiger partial charge on any atom is 0.298 e. The normalized spacial score (nSPS) is 11.7. The Morgan fingerprint density at radius 1 is 1.73 bits per heavy atom. The fraction of sp³-hybridized carbons (Fsp3) is 0. The lowest BCUT2D eigenvalue weighted by Gasteiger charge is -1.95. The van der Waals surface area contributed by atoms with Crippen LogP contribution >= 0.6 is 11.6 Å². The fourth-order valence-corrected chi connectivity index (χ4v) is 0.590. The fourth-order valence-electron chi connectivity index (χ4n) is 0.400. The van der Waals surface area contributed by atoms with E-state index in [0.29, 0.717) is 0 Å². The van der Waals surface area contributed by atoms with Gasteiger partial charge < -0.3 is 0 Å². The van der Waals surface area contributed by atoms with Gasteiger partial charge >= 0.3 is 0 Å². The molecule has 0 spiro atoms. The lowest BCUT2D eigenvalue weighted by Crippen LogP contribution is -2.02. The molecule has 4 nitrogen and oxygen atoms in total. The molecule has 0 atom stereocenters. The van der Waals surface area contributed by atoms with Gasteiger partial charge in [-0.2, -0.15) is 0 Å². The van der Waals surface area contributed by atoms with Crippen LogP contribution in [0, 0.1) is 10.1 Å². The van der Waals surface area contributed by atoms with Gasteiger partial charge in [0.15, 0.2) is 0 Å². The molecule has 0 heterocycles. The molecule has 0 unspecified atom stereocenters. The number of aliphatic imine (C=N–C) groups is 1. The van der Waals surface area contributed by atoms with Gasteiger partial charge in [-0.15, -0.1) is 0 Å². The standard InChI is InChI=1S/C5H4BClN2O2/c1-3(6)4(9(10)11)5(7)8-2/h1-2H2/b5-4+. The zero-order valence-corrected chi connectivity index (χ0v) is 6.34. The molecule has 11 heavy (non-hydrogen) atoms. The van der Waals surface area contributed by atoms with Gasteiger partial charge in [-0.3, -0.25) is 10.1 Å². The van der Waals surface area contributed by atoms with Gasteiger partial charge in [0.1, 0.15) is 7.85 Å². The molecule has 0 aliphatic rings. The molecule has 0 fully saturated rings. The lowest BCUT2D eigenvalue weighted by atomic mass is 9.95. The average Bonchev–Trinajstić information content (AvgIpc) is 1.85. The second-order valence-electron chi connectivity index (χ2n) is 1.58. The molecule has 6 heteroatoms. The zero-order chi connectivity index (χ0) is 9.02. The first-order chi connectivity index (χ1) is 5.00. The second-order valence-corrected chi connectivity index (χ2v) is 1.94. The van der Waals surface area contributed by atoms with Crippen LogP contribution in [-0.2, 0) is 0 Å². The van der Waals surface area contributed by atoms with Crippen molar-refractivity contribution in [1.29, 1.82) is 0 Å². The number of hydrogen-bond donors (Lipinski definition) is 0. The van der Waals surface area contributed by atoms with Crippen molar-refractivity contribution in [3.8, 4) is 0 Å². The first-order valence-electron chi connectivity index (χ1n) is 2.46. The highest BCUT2D eigenvalue weighted by Gasteiger charge is 2.16. The van der Waals surface area contributed by atoms with Crippen LogP contribution in [0.1, 0.15) is 0 Å². The molecule has 0 aromatic carbocycles. The number of halogens is 1. The highest BCUT2D eigenvalue weighted by Crippen LogP contribution is 2.15. The number of allylic oxidation sites excluding steroid dienone is 1. The minimum atomic E-state index is -0.765. The quantitative estimate of drug-likeness (QED) is 0.159. The van der Waals surface area contributed by atoms with Crippen LogP contribution in [0.4, 0.5) is 0 Å². The number of nitro groups is 1. The van der Waals surface area contributed by atoms with Gasteiger partial charge in [0.25, 0.3) is 5.70 Å². The van der Waals surface area contributed by atoms with Crippen molar-refractivity contribution >= 4 is 26.2 Å². The van der Waals surface area contributed by atoms with Crippen LogP contribution in [0.15, 0.2) is 27.9 Å². The van der Waals surface area contributed by atoms with E-state index in [4.69, 9.17) is 19.4 Å². The summed E-state index contributed by atoms with van der Waals surface area (Å²) in [5, 5.41) is 9.82. The van der Waals surface area contributed by atoms with E-state index >= 15 is 0 Å². The zero-order valence-electron chi connectivity index (χ0n) is 5.58. The molecule has 56 valence electrons. The van der Waals surface area contributed by atoms with E-state index in [0.717, 1.165) is 0 Å². The van der Waals surface area contributed by atoms with Crippen LogP contribution in [0.2, 0.25) is 0 Å². The molecule has 0 aliphatic carbocycles. The Hall–Kier alpha value is -1.10. The largest absolute Gasteiger partial charge is 0.298 e. The SMILES string of the molecule is [B]C(=C)/C(=C(/Cl)N=C)[N+](=O)[O-]. The van der Waals surface area contributed by atoms with Gasteiger partial charge in [0.2, 0.25) is 5.16 Å². The lowest BCUT2D eigenvalue weighted by molar-refractivity contribution is -0.420. The Labute approximate surface area is 69.8 Å². The summed E-state index contributed by atoms with van der Waals surface area (Å²) in [5.74, 6) is 0. The Morgan fingerprint density at radius 2 is 2.18 bits per heavy atom. The van der Waals surface area contributed by atoms with Crippen molar-refractivity contribution in [1.82, 2.24) is 0 Å². The van der Waals surface area contributed by atoms with E-state index in [2.05, 4.69) is 18.3 Å². The van der Waals surface area contributed by atoms with Gasteiger partial charge in [-0.1, -0.05) is 18.2 Å². The molecule has 0 bridgehead atoms. The minimum Gasteiger partial charge on any atom is -0.258 e. The molecule has 2 radical (unpaired) electrons. The number of rotatable bonds is 3. The molecular formula is C5H4BClN2O2. The number of hydrogen-bond acceptors (Lipinski definition) is 3. The highest BCUT2D eigenvalue weighted by atomic mass is 35.5. The molecule has 0 N–H and O–H groups in total. The third-order valence-electron chi connectivity index (χ3n) is 0.821. The predicted octanol–water partition coefficient (Wildman–Crippen LogP) is 1.05. The molecule has 0 aromatic heterocycles. The monoisotopic (exact) mass is 170 g/mol. The molecule has 0 aromatic rings. The van der Waals surface area contributed by atoms with Crippen molar-refractivity contribution < 1.29 is 4.92 Å². The smallest absolute Gasteiger partial charge is 0.258 e. The van der Waals surface area contributed by atoms with E-state index in [1.807, 2.05) is 0 Å². The van der Waals surface area contributed by atoms with Crippen LogP contribution in [0.25, 0.3) is 0 Å². The summed E-state index contributed by atoms with van der Waals surface area (Å²) < 4.78 is 0. The van der Waals surface area contributed by atoms with Gasteiger partial charge in [-0.05, 0) is 12.2 Å². The Bertz CT molecular complexity index is 233. The summed E-state index contributed by atoms with van der Waals surface area (Å²) in [6, 6.07) is 0. The summed E-state index contributed by atoms with van der Waals surface area (Å²) in [6.07, 6.45) is 0. The molecule has 0 rings (SSSR count). The van der Waals surface area contributed by atoms with Gasteiger partial charge in [0, 0.05) is 0 Å². The van der Waals surface area contributed by atoms with Crippen molar-refractivity contribution in [2.75, 3.05) is 0 Å². The third kappa shape index (κ3) is 2.55. The average molecular weight is 170 g/mol. The van der Waals surface area contributed by atoms with Gasteiger partial charge in [-0.25, -0.2) is 4.99 Å². The van der Waals surface area contributed by atoms with E-state index < -0.39 is 10.6 Å². The second kappa shape index (κ2) is 3.93. The van der Waals surface area contributed by atoms with Crippen LogP contribution in [0.5, 0.6) is 0 Å². The Balaban J connectivity index is 5.04. The summed E-state index contributed by atoms with van der Waals surface area (Å²) >= 11 is 5.29. The Morgan fingerprint density at radius 3 is 2.27 bits per heavy atom. The van der Waals surface area contributed by atoms with E-state index in [-0.39, 0.29) is 10.6 Å². The predicted molar refractivity (Wildman–Crippen MR) is 44.3 cm³/mol. The summed E-state index contributed by atoms with van der Waals surface area (Å²) in [7, 11) is 5.05. The molecule has 0 saturated carbocycles. The maximum atomic E-state index is 10.2. The van der Waals surface area contributed by atoms with Crippen molar-refractivity contribution in [2.24, 2.45) is 4.99 Å². The van der Waals surface area contributed by atoms with E-state index in [1.54, 1.807) is 0 Å². The Kier molecular flexibility index (Phi) is 3.54. The van der Waals surface area contributed by atoms with E-state index in [1.165, 1.54) is 0 Å². The highest BCUT2D eigenvalue weighted by molar-refractivity contribution is 6.32. The van der Waals surface area contributed by atoms with Crippen molar-refractivity contribution in [2.45, 2.75) is 0 Å². The van der Waals surface area contributed by atoms with Crippen LogP contribution in [-0.4, -0.2) is 19.5 Å². The molecule has 0 saturated heterocycles. The van der Waals surface area contributed by atoms with Gasteiger partial charge in [0.05, 0.1) is 4.92 Å². The first-order valence-corrected chi connectivity index (χ1v) is 2.84. The van der Waals surface area contributed by atoms with Crippen LogP contribution < -0.4 is 0 Å². The summed E-state index contributed by atoms with van der Waals surface area (Å²) in [5.41, 5.74) is -0.755.